The molecule has 0 atom stereocenters. The third-order valence-electron chi connectivity index (χ3n) is 2.53. The first kappa shape index (κ1) is 11.3. The fraction of sp³-hybridized carbons (Fsp3) is 0.889. The lowest BCUT2D eigenvalue weighted by Crippen LogP contribution is -2.39. The van der Waals surface area contributed by atoms with Crippen molar-refractivity contribution in [1.82, 2.24) is 5.32 Å². The number of rotatable bonds is 3. The number of alkyl carbamates (subject to hydrolysis) is 1. The van der Waals surface area contributed by atoms with E-state index in [1.54, 1.807) is 7.11 Å². The van der Waals surface area contributed by atoms with Gasteiger partial charge in [-0.25, -0.2) is 4.79 Å². The Labute approximate surface area is 83.4 Å². The van der Waals surface area contributed by atoms with Crippen molar-refractivity contribution in [2.45, 2.75) is 37.8 Å². The summed E-state index contributed by atoms with van der Waals surface area (Å²) in [7, 11) is 1.71. The Morgan fingerprint density at radius 3 is 2.57 bits per heavy atom. The number of aliphatic hydroxyl groups excluding tert-OH is 1. The molecule has 5 nitrogen and oxygen atoms in total. The predicted molar refractivity (Wildman–Crippen MR) is 49.8 cm³/mol. The van der Waals surface area contributed by atoms with Gasteiger partial charge in [-0.15, -0.1) is 0 Å². The molecule has 14 heavy (non-hydrogen) atoms. The first-order chi connectivity index (χ1) is 6.76. The average Bonchev–Trinajstić information content (AvgIpc) is 2.19. The Bertz CT molecular complexity index is 178. The second-order valence-corrected chi connectivity index (χ2v) is 3.41. The highest BCUT2D eigenvalue weighted by molar-refractivity contribution is 5.67. The van der Waals surface area contributed by atoms with Crippen molar-refractivity contribution in [2.24, 2.45) is 0 Å². The zero-order valence-electron chi connectivity index (χ0n) is 8.36. The third kappa shape index (κ3) is 3.51. The molecule has 1 amide bonds. The van der Waals surface area contributed by atoms with Crippen LogP contribution in [0.25, 0.3) is 0 Å². The summed E-state index contributed by atoms with van der Waals surface area (Å²) in [5.41, 5.74) is 0. The van der Waals surface area contributed by atoms with Crippen LogP contribution < -0.4 is 5.32 Å². The van der Waals surface area contributed by atoms with Crippen molar-refractivity contribution in [3.8, 4) is 0 Å². The number of carbonyl (C=O) groups excluding carboxylic acids is 1. The van der Waals surface area contributed by atoms with Gasteiger partial charge in [0, 0.05) is 13.2 Å². The topological polar surface area (TPSA) is 67.8 Å². The smallest absolute Gasteiger partial charge is 0.409 e. The molecule has 1 aliphatic carbocycles. The van der Waals surface area contributed by atoms with Crippen LogP contribution in [-0.2, 0) is 9.47 Å². The van der Waals surface area contributed by atoms with Crippen molar-refractivity contribution >= 4 is 6.09 Å². The van der Waals surface area contributed by atoms with Crippen molar-refractivity contribution in [3.05, 3.63) is 0 Å². The van der Waals surface area contributed by atoms with E-state index < -0.39 is 12.9 Å². The normalized spacial score (nSPS) is 27.0. The molecule has 0 radical (unpaired) electrons. The second-order valence-electron chi connectivity index (χ2n) is 3.41. The van der Waals surface area contributed by atoms with Crippen LogP contribution in [0.5, 0.6) is 0 Å². The van der Waals surface area contributed by atoms with Gasteiger partial charge in [0.25, 0.3) is 0 Å². The van der Waals surface area contributed by atoms with Gasteiger partial charge in [0.05, 0.1) is 6.10 Å². The molecule has 0 aliphatic heterocycles. The standard InChI is InChI=1S/C9H17NO4/c1-13-8-4-2-7(3-5-8)10-9(12)14-6-11/h7-8,11H,2-6H2,1H3,(H,10,12). The molecule has 0 bridgehead atoms. The Balaban J connectivity index is 2.18. The zero-order valence-corrected chi connectivity index (χ0v) is 8.36. The highest BCUT2D eigenvalue weighted by atomic mass is 16.6. The number of hydrogen-bond donors (Lipinski definition) is 2. The van der Waals surface area contributed by atoms with E-state index in [0.29, 0.717) is 6.10 Å². The largest absolute Gasteiger partial charge is 0.423 e. The van der Waals surface area contributed by atoms with Gasteiger partial charge < -0.3 is 19.9 Å². The molecule has 0 spiro atoms. The van der Waals surface area contributed by atoms with E-state index in [-0.39, 0.29) is 6.04 Å². The molecule has 0 heterocycles. The van der Waals surface area contributed by atoms with E-state index in [9.17, 15) is 4.79 Å². The molecule has 5 heteroatoms. The summed E-state index contributed by atoms with van der Waals surface area (Å²) >= 11 is 0. The molecule has 0 aromatic carbocycles. The van der Waals surface area contributed by atoms with Crippen LogP contribution >= 0.6 is 0 Å². The highest BCUT2D eigenvalue weighted by Crippen LogP contribution is 2.20. The van der Waals surface area contributed by atoms with Crippen LogP contribution in [0.15, 0.2) is 0 Å². The number of hydrogen-bond acceptors (Lipinski definition) is 4. The van der Waals surface area contributed by atoms with Crippen molar-refractivity contribution in [3.63, 3.8) is 0 Å². The molecule has 0 unspecified atom stereocenters. The number of aliphatic hydroxyl groups is 1. The van der Waals surface area contributed by atoms with E-state index in [4.69, 9.17) is 9.84 Å². The van der Waals surface area contributed by atoms with Crippen LogP contribution in [0.4, 0.5) is 4.79 Å². The Morgan fingerprint density at radius 2 is 2.07 bits per heavy atom. The molecular formula is C9H17NO4. The fourth-order valence-corrected chi connectivity index (χ4v) is 1.71. The summed E-state index contributed by atoms with van der Waals surface area (Å²) in [5, 5.41) is 11.0. The van der Waals surface area contributed by atoms with Gasteiger partial charge in [-0.1, -0.05) is 0 Å². The van der Waals surface area contributed by atoms with Crippen LogP contribution in [-0.4, -0.2) is 37.2 Å². The lowest BCUT2D eigenvalue weighted by molar-refractivity contribution is 0.0357. The number of methoxy groups -OCH3 is 1. The van der Waals surface area contributed by atoms with Crippen LogP contribution in [0.1, 0.15) is 25.7 Å². The zero-order chi connectivity index (χ0) is 10.4. The SMILES string of the molecule is COC1CCC(NC(=O)OCO)CC1. The van der Waals surface area contributed by atoms with Gasteiger partial charge in [0.2, 0.25) is 0 Å². The van der Waals surface area contributed by atoms with Gasteiger partial charge in [-0.05, 0) is 25.7 Å². The Kier molecular flexibility index (Phi) is 4.69. The molecule has 2 N–H and O–H groups in total. The summed E-state index contributed by atoms with van der Waals surface area (Å²) in [6, 6.07) is 0.153. The maximum absolute atomic E-state index is 10.9. The monoisotopic (exact) mass is 203 g/mol. The van der Waals surface area contributed by atoms with E-state index in [1.807, 2.05) is 0 Å². The molecule has 0 saturated heterocycles. The second kappa shape index (κ2) is 5.82. The fourth-order valence-electron chi connectivity index (χ4n) is 1.71. The minimum Gasteiger partial charge on any atom is -0.423 e. The van der Waals surface area contributed by atoms with Crippen LogP contribution in [0, 0.1) is 0 Å². The highest BCUT2D eigenvalue weighted by Gasteiger charge is 2.22. The quantitative estimate of drug-likeness (QED) is 0.660. The Morgan fingerprint density at radius 1 is 1.43 bits per heavy atom. The van der Waals surface area contributed by atoms with Crippen molar-refractivity contribution in [2.75, 3.05) is 13.9 Å². The molecule has 0 aromatic rings. The molecule has 1 saturated carbocycles. The number of carbonyl (C=O) groups is 1. The number of nitrogens with one attached hydrogen (secondary N) is 1. The van der Waals surface area contributed by atoms with Gasteiger partial charge in [-0.2, -0.15) is 0 Å². The summed E-state index contributed by atoms with van der Waals surface area (Å²) in [5.74, 6) is 0. The van der Waals surface area contributed by atoms with Gasteiger partial charge in [-0.3, -0.25) is 0 Å². The minimum atomic E-state index is -0.570. The summed E-state index contributed by atoms with van der Waals surface area (Å²) in [6.07, 6.45) is 3.49. The summed E-state index contributed by atoms with van der Waals surface area (Å²) in [4.78, 5) is 10.9. The molecule has 1 fully saturated rings. The van der Waals surface area contributed by atoms with E-state index in [2.05, 4.69) is 10.1 Å². The molecular weight excluding hydrogens is 186 g/mol. The average molecular weight is 203 g/mol. The van der Waals surface area contributed by atoms with Crippen LogP contribution in [0.3, 0.4) is 0 Å². The lowest BCUT2D eigenvalue weighted by Gasteiger charge is -2.27. The molecule has 82 valence electrons. The van der Waals surface area contributed by atoms with Gasteiger partial charge in [0.1, 0.15) is 0 Å². The first-order valence-electron chi connectivity index (χ1n) is 4.83. The molecule has 0 aromatic heterocycles. The van der Waals surface area contributed by atoms with Crippen LogP contribution in [0.2, 0.25) is 0 Å². The maximum atomic E-state index is 10.9. The van der Waals surface area contributed by atoms with Gasteiger partial charge in [0.15, 0.2) is 6.79 Å². The first-order valence-corrected chi connectivity index (χ1v) is 4.83. The lowest BCUT2D eigenvalue weighted by atomic mass is 9.93. The van der Waals surface area contributed by atoms with Crippen molar-refractivity contribution < 1.29 is 19.4 Å². The minimum absolute atomic E-state index is 0.153. The predicted octanol–water partition coefficient (Wildman–Crippen LogP) is 0.620. The Hall–Kier alpha value is -0.810. The number of amides is 1. The third-order valence-corrected chi connectivity index (χ3v) is 2.53. The maximum Gasteiger partial charge on any atom is 0.409 e. The summed E-state index contributed by atoms with van der Waals surface area (Å²) < 4.78 is 9.58. The molecule has 1 aliphatic rings. The van der Waals surface area contributed by atoms with Crippen molar-refractivity contribution in [1.29, 1.82) is 0 Å². The van der Waals surface area contributed by atoms with E-state index in [1.165, 1.54) is 0 Å². The van der Waals surface area contributed by atoms with E-state index in [0.717, 1.165) is 25.7 Å². The number of ether oxygens (including phenoxy) is 2. The van der Waals surface area contributed by atoms with Gasteiger partial charge >= 0.3 is 6.09 Å². The molecule has 1 rings (SSSR count). The van der Waals surface area contributed by atoms with E-state index >= 15 is 0 Å². The summed E-state index contributed by atoms with van der Waals surface area (Å²) in [6.45, 7) is -0.570.